The Morgan fingerprint density at radius 1 is 1.32 bits per heavy atom. The molecule has 19 heavy (non-hydrogen) atoms. The molecule has 0 aliphatic rings. The van der Waals surface area contributed by atoms with Gasteiger partial charge < -0.3 is 10.4 Å². The van der Waals surface area contributed by atoms with Gasteiger partial charge in [-0.2, -0.15) is 11.8 Å². The first-order valence-corrected chi connectivity index (χ1v) is 7.62. The van der Waals surface area contributed by atoms with Gasteiger partial charge in [0, 0.05) is 23.4 Å². The maximum Gasteiger partial charge on any atom is 0.257 e. The van der Waals surface area contributed by atoms with Crippen LogP contribution in [0, 0.1) is 11.6 Å². The third kappa shape index (κ3) is 5.46. The standard InChI is InChI=1S/C12H14BrF2NO2S/c13-8-6-9(14)11(10(15)7-8)12(18)16-2-5-19-4-1-3-17/h6-7,17H,1-5H2,(H,16,18). The summed E-state index contributed by atoms with van der Waals surface area (Å²) in [7, 11) is 0. The Kier molecular flexibility index (Phi) is 7.33. The summed E-state index contributed by atoms with van der Waals surface area (Å²) in [5, 5.41) is 11.0. The van der Waals surface area contributed by atoms with E-state index in [-0.39, 0.29) is 11.1 Å². The summed E-state index contributed by atoms with van der Waals surface area (Å²) in [6.45, 7) is 0.457. The predicted molar refractivity (Wildman–Crippen MR) is 75.4 cm³/mol. The molecule has 0 aromatic heterocycles. The number of nitrogens with one attached hydrogen (secondary N) is 1. The maximum atomic E-state index is 13.5. The van der Waals surface area contributed by atoms with Crippen molar-refractivity contribution in [2.24, 2.45) is 0 Å². The highest BCUT2D eigenvalue weighted by Gasteiger charge is 2.17. The van der Waals surface area contributed by atoms with Gasteiger partial charge in [-0.3, -0.25) is 4.79 Å². The summed E-state index contributed by atoms with van der Waals surface area (Å²) in [6.07, 6.45) is 0.689. The molecule has 3 nitrogen and oxygen atoms in total. The number of hydrogen-bond donors (Lipinski definition) is 2. The molecule has 0 saturated carbocycles. The van der Waals surface area contributed by atoms with E-state index in [4.69, 9.17) is 5.11 Å². The van der Waals surface area contributed by atoms with Crippen LogP contribution in [0.5, 0.6) is 0 Å². The Morgan fingerprint density at radius 3 is 2.53 bits per heavy atom. The van der Waals surface area contributed by atoms with Crippen molar-refractivity contribution < 1.29 is 18.7 Å². The lowest BCUT2D eigenvalue weighted by molar-refractivity contribution is 0.0947. The van der Waals surface area contributed by atoms with E-state index < -0.39 is 23.1 Å². The van der Waals surface area contributed by atoms with Crippen molar-refractivity contribution in [2.45, 2.75) is 6.42 Å². The van der Waals surface area contributed by atoms with Gasteiger partial charge in [-0.15, -0.1) is 0 Å². The van der Waals surface area contributed by atoms with E-state index in [0.717, 1.165) is 17.9 Å². The minimum absolute atomic E-state index is 0.134. The molecule has 0 unspecified atom stereocenters. The molecule has 1 aromatic rings. The van der Waals surface area contributed by atoms with E-state index in [1.165, 1.54) is 0 Å². The number of rotatable bonds is 7. The molecule has 0 fully saturated rings. The fourth-order valence-electron chi connectivity index (χ4n) is 1.35. The van der Waals surface area contributed by atoms with Gasteiger partial charge >= 0.3 is 0 Å². The zero-order valence-electron chi connectivity index (χ0n) is 10.1. The summed E-state index contributed by atoms with van der Waals surface area (Å²) in [6, 6.07) is 2.10. The summed E-state index contributed by atoms with van der Waals surface area (Å²) >= 11 is 4.50. The molecule has 0 aliphatic heterocycles. The Labute approximate surface area is 122 Å². The van der Waals surface area contributed by atoms with Crippen molar-refractivity contribution >= 4 is 33.6 Å². The second-order valence-corrected chi connectivity index (χ2v) is 5.83. The number of hydrogen-bond acceptors (Lipinski definition) is 3. The van der Waals surface area contributed by atoms with Gasteiger partial charge in [-0.25, -0.2) is 8.78 Å². The molecule has 0 spiro atoms. The molecule has 0 atom stereocenters. The molecule has 0 bridgehead atoms. The molecule has 0 saturated heterocycles. The van der Waals surface area contributed by atoms with Gasteiger partial charge in [0.1, 0.15) is 17.2 Å². The smallest absolute Gasteiger partial charge is 0.257 e. The van der Waals surface area contributed by atoms with E-state index in [2.05, 4.69) is 21.2 Å². The maximum absolute atomic E-state index is 13.5. The zero-order valence-corrected chi connectivity index (χ0v) is 12.5. The molecule has 0 aliphatic carbocycles. The van der Waals surface area contributed by atoms with E-state index >= 15 is 0 Å². The van der Waals surface area contributed by atoms with Crippen LogP contribution >= 0.6 is 27.7 Å². The summed E-state index contributed by atoms with van der Waals surface area (Å²) in [5.74, 6) is -1.13. The van der Waals surface area contributed by atoms with Gasteiger partial charge in [0.25, 0.3) is 5.91 Å². The molecule has 7 heteroatoms. The average molecular weight is 354 g/mol. The minimum Gasteiger partial charge on any atom is -0.396 e. The summed E-state index contributed by atoms with van der Waals surface area (Å²) in [5.41, 5.74) is -0.566. The summed E-state index contributed by atoms with van der Waals surface area (Å²) in [4.78, 5) is 11.6. The van der Waals surface area contributed by atoms with Crippen LogP contribution < -0.4 is 5.32 Å². The first kappa shape index (κ1) is 16.4. The second kappa shape index (κ2) is 8.50. The highest BCUT2D eigenvalue weighted by molar-refractivity contribution is 9.10. The van der Waals surface area contributed by atoms with Crippen LogP contribution in [0.2, 0.25) is 0 Å². The van der Waals surface area contributed by atoms with Gasteiger partial charge in [0.15, 0.2) is 0 Å². The largest absolute Gasteiger partial charge is 0.396 e. The van der Waals surface area contributed by atoms with Crippen molar-refractivity contribution in [1.29, 1.82) is 0 Å². The highest BCUT2D eigenvalue weighted by Crippen LogP contribution is 2.19. The van der Waals surface area contributed by atoms with E-state index in [9.17, 15) is 13.6 Å². The Bertz CT molecular complexity index is 423. The quantitative estimate of drug-likeness (QED) is 0.740. The van der Waals surface area contributed by atoms with Gasteiger partial charge in [0.05, 0.1) is 0 Å². The Balaban J connectivity index is 2.46. The molecule has 1 rings (SSSR count). The highest BCUT2D eigenvalue weighted by atomic mass is 79.9. The van der Waals surface area contributed by atoms with E-state index in [0.29, 0.717) is 18.7 Å². The molecule has 0 heterocycles. The lowest BCUT2D eigenvalue weighted by Crippen LogP contribution is -2.27. The van der Waals surface area contributed by atoms with Crippen LogP contribution in [0.15, 0.2) is 16.6 Å². The third-order valence-electron chi connectivity index (χ3n) is 2.21. The van der Waals surface area contributed by atoms with Crippen molar-refractivity contribution in [3.05, 3.63) is 33.8 Å². The molecule has 0 radical (unpaired) electrons. The normalized spacial score (nSPS) is 10.5. The van der Waals surface area contributed by atoms with E-state index in [1.807, 2.05) is 0 Å². The fraction of sp³-hybridized carbons (Fsp3) is 0.417. The van der Waals surface area contributed by atoms with Crippen molar-refractivity contribution in [1.82, 2.24) is 5.32 Å². The van der Waals surface area contributed by atoms with Gasteiger partial charge in [-0.05, 0) is 24.3 Å². The second-order valence-electron chi connectivity index (χ2n) is 3.69. The summed E-state index contributed by atoms with van der Waals surface area (Å²) < 4.78 is 27.2. The van der Waals surface area contributed by atoms with Crippen LogP contribution in [-0.4, -0.2) is 35.7 Å². The predicted octanol–water partition coefficient (Wildman–Crippen LogP) is 2.57. The number of benzene rings is 1. The number of carbonyl (C=O) groups is 1. The Morgan fingerprint density at radius 2 is 1.95 bits per heavy atom. The van der Waals surface area contributed by atoms with Crippen LogP contribution in [0.3, 0.4) is 0 Å². The SMILES string of the molecule is O=C(NCCSCCCO)c1c(F)cc(Br)cc1F. The van der Waals surface area contributed by atoms with Crippen molar-refractivity contribution in [3.8, 4) is 0 Å². The van der Waals surface area contributed by atoms with Crippen LogP contribution in [0.25, 0.3) is 0 Å². The van der Waals surface area contributed by atoms with Gasteiger partial charge in [0.2, 0.25) is 0 Å². The average Bonchev–Trinajstić information content (AvgIpc) is 2.32. The molecular weight excluding hydrogens is 340 g/mol. The van der Waals surface area contributed by atoms with Crippen LogP contribution in [-0.2, 0) is 0 Å². The number of aliphatic hydroxyl groups is 1. The molecule has 1 aromatic carbocycles. The molecular formula is C12H14BrF2NO2S. The van der Waals surface area contributed by atoms with Crippen LogP contribution in [0.4, 0.5) is 8.78 Å². The molecule has 1 amide bonds. The topological polar surface area (TPSA) is 49.3 Å². The molecule has 2 N–H and O–H groups in total. The first-order valence-electron chi connectivity index (χ1n) is 5.67. The van der Waals surface area contributed by atoms with Crippen LogP contribution in [0.1, 0.15) is 16.8 Å². The van der Waals surface area contributed by atoms with Crippen molar-refractivity contribution in [2.75, 3.05) is 24.7 Å². The number of amides is 1. The molecule has 106 valence electrons. The Hall–Kier alpha value is -0.660. The number of carbonyl (C=O) groups excluding carboxylic acids is 1. The first-order chi connectivity index (χ1) is 9.06. The minimum atomic E-state index is -0.891. The number of thioether (sulfide) groups is 1. The third-order valence-corrected chi connectivity index (χ3v) is 3.74. The number of aliphatic hydroxyl groups excluding tert-OH is 1. The lowest BCUT2D eigenvalue weighted by Gasteiger charge is -2.07. The van der Waals surface area contributed by atoms with Gasteiger partial charge in [-0.1, -0.05) is 15.9 Å². The fourth-order valence-corrected chi connectivity index (χ4v) is 2.54. The zero-order chi connectivity index (χ0) is 14.3. The van der Waals surface area contributed by atoms with E-state index in [1.54, 1.807) is 11.8 Å². The monoisotopic (exact) mass is 353 g/mol. The van der Waals surface area contributed by atoms with Crippen molar-refractivity contribution in [3.63, 3.8) is 0 Å². The number of halogens is 3. The lowest BCUT2D eigenvalue weighted by atomic mass is 10.2.